The molecule has 0 saturated heterocycles. The maximum atomic E-state index is 12.1. The van der Waals surface area contributed by atoms with Crippen molar-refractivity contribution in [2.45, 2.75) is 13.0 Å². The summed E-state index contributed by atoms with van der Waals surface area (Å²) in [6, 6.07) is 13.1. The number of ether oxygens (including phenoxy) is 2. The van der Waals surface area contributed by atoms with Gasteiger partial charge in [0.15, 0.2) is 0 Å². The van der Waals surface area contributed by atoms with Crippen LogP contribution in [-0.2, 0) is 17.7 Å². The first-order valence-electron chi connectivity index (χ1n) is 7.98. The minimum atomic E-state index is -0.409. The first-order valence-corrected chi connectivity index (χ1v) is 7.98. The van der Waals surface area contributed by atoms with E-state index in [4.69, 9.17) is 9.47 Å². The Hall–Kier alpha value is -2.86. The van der Waals surface area contributed by atoms with Crippen LogP contribution in [0.15, 0.2) is 42.5 Å². The summed E-state index contributed by atoms with van der Waals surface area (Å²) in [6.07, 6.45) is 0.403. The fourth-order valence-electron chi connectivity index (χ4n) is 2.92. The first-order chi connectivity index (χ1) is 12.2. The Morgan fingerprint density at radius 3 is 2.56 bits per heavy atom. The van der Waals surface area contributed by atoms with E-state index in [1.165, 1.54) is 7.11 Å². The lowest BCUT2D eigenvalue weighted by atomic mass is 10.1. The number of methoxy groups -OCH3 is 2. The second-order valence-electron chi connectivity index (χ2n) is 5.62. The molecule has 0 aliphatic heterocycles. The van der Waals surface area contributed by atoms with Crippen LogP contribution in [0.3, 0.4) is 0 Å². The van der Waals surface area contributed by atoms with Crippen LogP contribution in [0.4, 0.5) is 0 Å². The van der Waals surface area contributed by atoms with Gasteiger partial charge in [-0.05, 0) is 29.8 Å². The normalized spacial score (nSPS) is 10.8. The molecule has 3 aromatic rings. The van der Waals surface area contributed by atoms with Gasteiger partial charge in [0, 0.05) is 24.1 Å². The van der Waals surface area contributed by atoms with Crippen molar-refractivity contribution in [3.8, 4) is 5.75 Å². The Bertz CT molecular complexity index is 884. The quantitative estimate of drug-likeness (QED) is 0.698. The third-order valence-electron chi connectivity index (χ3n) is 4.12. The number of carbonyl (C=O) groups is 1. The van der Waals surface area contributed by atoms with E-state index in [2.05, 4.69) is 5.10 Å². The zero-order valence-electron chi connectivity index (χ0n) is 14.2. The summed E-state index contributed by atoms with van der Waals surface area (Å²) in [7, 11) is 2.98. The average Bonchev–Trinajstić information content (AvgIpc) is 2.99. The van der Waals surface area contributed by atoms with E-state index in [0.717, 1.165) is 22.4 Å². The summed E-state index contributed by atoms with van der Waals surface area (Å²) in [5.41, 5.74) is 3.03. The van der Waals surface area contributed by atoms with Crippen LogP contribution in [0.2, 0.25) is 0 Å². The molecule has 6 nitrogen and oxygen atoms in total. The van der Waals surface area contributed by atoms with Crippen LogP contribution in [0.5, 0.6) is 5.75 Å². The lowest BCUT2D eigenvalue weighted by Crippen LogP contribution is -2.09. The molecule has 0 bridgehead atoms. The van der Waals surface area contributed by atoms with Gasteiger partial charge in [-0.3, -0.25) is 4.68 Å². The lowest BCUT2D eigenvalue weighted by Gasteiger charge is -2.09. The molecule has 0 unspecified atom stereocenters. The van der Waals surface area contributed by atoms with Crippen molar-refractivity contribution in [2.24, 2.45) is 0 Å². The molecular formula is C19H20N2O4. The summed E-state index contributed by atoms with van der Waals surface area (Å²) in [5, 5.41) is 14.8. The number of rotatable bonds is 6. The molecule has 0 amide bonds. The number of aliphatic hydroxyl groups is 1. The van der Waals surface area contributed by atoms with Gasteiger partial charge < -0.3 is 14.6 Å². The van der Waals surface area contributed by atoms with Gasteiger partial charge in [0.1, 0.15) is 5.75 Å². The number of hydrogen-bond acceptors (Lipinski definition) is 5. The van der Waals surface area contributed by atoms with Crippen LogP contribution in [0.25, 0.3) is 10.9 Å². The maximum absolute atomic E-state index is 12.1. The van der Waals surface area contributed by atoms with Crippen LogP contribution >= 0.6 is 0 Å². The standard InChI is InChI=1S/C19H20N2O4/c1-24-14-8-6-13(7-9-14)12-21-17(10-11-22)18-15(19(23)25-2)4-3-5-16(18)20-21/h3-9,22H,10-12H2,1-2H3. The number of aliphatic hydroxyl groups excluding tert-OH is 1. The summed E-state index contributed by atoms with van der Waals surface area (Å²) in [6.45, 7) is 0.507. The predicted molar refractivity (Wildman–Crippen MR) is 94.0 cm³/mol. The molecule has 130 valence electrons. The van der Waals surface area contributed by atoms with E-state index >= 15 is 0 Å². The fraction of sp³-hybridized carbons (Fsp3) is 0.263. The molecule has 25 heavy (non-hydrogen) atoms. The topological polar surface area (TPSA) is 73.6 Å². The summed E-state index contributed by atoms with van der Waals surface area (Å²) < 4.78 is 11.9. The number of nitrogens with zero attached hydrogens (tertiary/aromatic N) is 2. The largest absolute Gasteiger partial charge is 0.497 e. The molecule has 0 fully saturated rings. The molecule has 0 aliphatic carbocycles. The monoisotopic (exact) mass is 340 g/mol. The van der Waals surface area contributed by atoms with Crippen LogP contribution in [0.1, 0.15) is 21.6 Å². The molecule has 0 spiro atoms. The number of aromatic nitrogens is 2. The Morgan fingerprint density at radius 2 is 1.92 bits per heavy atom. The van der Waals surface area contributed by atoms with Crippen LogP contribution < -0.4 is 4.74 Å². The van der Waals surface area contributed by atoms with Gasteiger partial charge in [0.2, 0.25) is 0 Å². The van der Waals surface area contributed by atoms with Crippen molar-refractivity contribution in [3.05, 3.63) is 59.3 Å². The highest BCUT2D eigenvalue weighted by atomic mass is 16.5. The average molecular weight is 340 g/mol. The molecule has 3 rings (SSSR count). The fourth-order valence-corrected chi connectivity index (χ4v) is 2.92. The molecule has 0 radical (unpaired) electrons. The Labute approximate surface area is 145 Å². The van der Waals surface area contributed by atoms with E-state index in [1.54, 1.807) is 19.2 Å². The SMILES string of the molecule is COC(=O)c1cccc2nn(Cc3ccc(OC)cc3)c(CCO)c12. The van der Waals surface area contributed by atoms with Gasteiger partial charge in [0.05, 0.1) is 31.8 Å². The first kappa shape index (κ1) is 17.0. The van der Waals surface area contributed by atoms with Gasteiger partial charge in [-0.25, -0.2) is 4.79 Å². The van der Waals surface area contributed by atoms with Gasteiger partial charge >= 0.3 is 5.97 Å². The van der Waals surface area contributed by atoms with E-state index in [9.17, 15) is 9.90 Å². The summed E-state index contributed by atoms with van der Waals surface area (Å²) in [4.78, 5) is 12.1. The second-order valence-corrected chi connectivity index (χ2v) is 5.62. The highest BCUT2D eigenvalue weighted by Gasteiger charge is 2.19. The second kappa shape index (κ2) is 7.36. The Balaban J connectivity index is 2.07. The lowest BCUT2D eigenvalue weighted by molar-refractivity contribution is 0.0603. The molecule has 0 atom stereocenters. The van der Waals surface area contributed by atoms with Crippen molar-refractivity contribution >= 4 is 16.9 Å². The van der Waals surface area contributed by atoms with Crippen molar-refractivity contribution in [1.82, 2.24) is 9.78 Å². The molecule has 1 aromatic heterocycles. The van der Waals surface area contributed by atoms with Gasteiger partial charge in [-0.1, -0.05) is 18.2 Å². The number of benzene rings is 2. The summed E-state index contributed by atoms with van der Waals surface area (Å²) >= 11 is 0. The van der Waals surface area contributed by atoms with E-state index < -0.39 is 5.97 Å². The highest BCUT2D eigenvalue weighted by Crippen LogP contribution is 2.25. The molecule has 2 aromatic carbocycles. The van der Waals surface area contributed by atoms with Gasteiger partial charge in [-0.15, -0.1) is 0 Å². The zero-order chi connectivity index (χ0) is 17.8. The van der Waals surface area contributed by atoms with Gasteiger partial charge in [-0.2, -0.15) is 5.10 Å². The number of fused-ring (bicyclic) bond motifs is 1. The molecule has 6 heteroatoms. The molecular weight excluding hydrogens is 320 g/mol. The molecule has 1 heterocycles. The van der Waals surface area contributed by atoms with Gasteiger partial charge in [0.25, 0.3) is 0 Å². The van der Waals surface area contributed by atoms with E-state index in [0.29, 0.717) is 24.0 Å². The predicted octanol–water partition coefficient (Wildman–Crippen LogP) is 2.41. The minimum absolute atomic E-state index is 0.0289. The zero-order valence-corrected chi connectivity index (χ0v) is 14.2. The molecule has 1 N–H and O–H groups in total. The molecule has 0 aliphatic rings. The molecule has 0 saturated carbocycles. The van der Waals surface area contributed by atoms with Crippen LogP contribution in [-0.4, -0.2) is 41.7 Å². The number of hydrogen-bond donors (Lipinski definition) is 1. The number of esters is 1. The minimum Gasteiger partial charge on any atom is -0.497 e. The summed E-state index contributed by atoms with van der Waals surface area (Å²) in [5.74, 6) is 0.381. The van der Waals surface area contributed by atoms with E-state index in [1.807, 2.05) is 35.0 Å². The highest BCUT2D eigenvalue weighted by molar-refractivity contribution is 6.04. The van der Waals surface area contributed by atoms with Crippen molar-refractivity contribution in [1.29, 1.82) is 0 Å². The van der Waals surface area contributed by atoms with Crippen LogP contribution in [0, 0.1) is 0 Å². The smallest absolute Gasteiger partial charge is 0.338 e. The Kier molecular flexibility index (Phi) is 5.00. The van der Waals surface area contributed by atoms with E-state index in [-0.39, 0.29) is 6.61 Å². The third-order valence-corrected chi connectivity index (χ3v) is 4.12. The maximum Gasteiger partial charge on any atom is 0.338 e. The third kappa shape index (κ3) is 3.34. The Morgan fingerprint density at radius 1 is 1.16 bits per heavy atom. The van der Waals surface area contributed by atoms with Crippen molar-refractivity contribution in [2.75, 3.05) is 20.8 Å². The number of carbonyl (C=O) groups excluding carboxylic acids is 1. The van der Waals surface area contributed by atoms with Crippen molar-refractivity contribution < 1.29 is 19.4 Å². The van der Waals surface area contributed by atoms with Crippen molar-refractivity contribution in [3.63, 3.8) is 0 Å².